The molecule has 0 fully saturated rings. The van der Waals surface area contributed by atoms with Gasteiger partial charge in [0.2, 0.25) is 0 Å². The van der Waals surface area contributed by atoms with Gasteiger partial charge >= 0.3 is 0 Å². The Morgan fingerprint density at radius 2 is 2.00 bits per heavy atom. The van der Waals surface area contributed by atoms with E-state index < -0.39 is 11.7 Å². The summed E-state index contributed by atoms with van der Waals surface area (Å²) < 4.78 is 31.2. The Kier molecular flexibility index (Phi) is 4.30. The minimum Gasteiger partial charge on any atom is -0.494 e. The molecule has 3 nitrogen and oxygen atoms in total. The first kappa shape index (κ1) is 14.0. The summed E-state index contributed by atoms with van der Waals surface area (Å²) in [5.41, 5.74) is 0.812. The number of carbonyl (C=O) groups is 1. The normalized spacial score (nSPS) is 10.2. The van der Waals surface area contributed by atoms with E-state index in [-0.39, 0.29) is 23.7 Å². The predicted molar refractivity (Wildman–Crippen MR) is 70.5 cm³/mol. The van der Waals surface area contributed by atoms with Crippen LogP contribution in [0.5, 0.6) is 5.75 Å². The van der Waals surface area contributed by atoms with Crippen molar-refractivity contribution >= 4 is 5.91 Å². The van der Waals surface area contributed by atoms with Crippen molar-refractivity contribution in [2.75, 3.05) is 7.11 Å². The standard InChI is InChI=1S/C15H13F2NO2/c1-20-14-6-5-11(8-13(14)17)15(19)18-9-10-3-2-4-12(16)7-10/h2-8H,9H2,1H3,(H,18,19). The maximum absolute atomic E-state index is 13.5. The number of rotatable bonds is 4. The fourth-order valence-corrected chi connectivity index (χ4v) is 1.74. The van der Waals surface area contributed by atoms with Crippen molar-refractivity contribution in [1.82, 2.24) is 5.32 Å². The predicted octanol–water partition coefficient (Wildman–Crippen LogP) is 2.90. The van der Waals surface area contributed by atoms with Gasteiger partial charge in [0, 0.05) is 12.1 Å². The monoisotopic (exact) mass is 277 g/mol. The molecule has 1 amide bonds. The van der Waals surface area contributed by atoms with E-state index in [1.807, 2.05) is 0 Å². The van der Waals surface area contributed by atoms with E-state index in [9.17, 15) is 13.6 Å². The second-order valence-corrected chi connectivity index (χ2v) is 4.16. The van der Waals surface area contributed by atoms with Gasteiger partial charge in [-0.3, -0.25) is 4.79 Å². The Hall–Kier alpha value is -2.43. The van der Waals surface area contributed by atoms with Gasteiger partial charge in [-0.1, -0.05) is 12.1 Å². The first-order valence-electron chi connectivity index (χ1n) is 5.96. The molecule has 0 unspecified atom stereocenters. The van der Waals surface area contributed by atoms with Gasteiger partial charge in [-0.05, 0) is 35.9 Å². The fourth-order valence-electron chi connectivity index (χ4n) is 1.74. The van der Waals surface area contributed by atoms with Crippen molar-refractivity contribution in [2.24, 2.45) is 0 Å². The molecule has 0 saturated heterocycles. The van der Waals surface area contributed by atoms with Gasteiger partial charge < -0.3 is 10.1 Å². The van der Waals surface area contributed by atoms with E-state index >= 15 is 0 Å². The number of amides is 1. The third-order valence-corrected chi connectivity index (χ3v) is 2.76. The Bertz CT molecular complexity index is 629. The van der Waals surface area contributed by atoms with Gasteiger partial charge in [-0.2, -0.15) is 0 Å². The highest BCUT2D eigenvalue weighted by molar-refractivity contribution is 5.94. The molecule has 20 heavy (non-hydrogen) atoms. The number of ether oxygens (including phenoxy) is 1. The summed E-state index contributed by atoms with van der Waals surface area (Å²) in [4.78, 5) is 11.8. The zero-order chi connectivity index (χ0) is 14.5. The Balaban J connectivity index is 2.03. The molecule has 2 aromatic carbocycles. The molecule has 0 aliphatic heterocycles. The van der Waals surface area contributed by atoms with E-state index in [4.69, 9.17) is 4.74 Å². The lowest BCUT2D eigenvalue weighted by molar-refractivity contribution is 0.0950. The SMILES string of the molecule is COc1ccc(C(=O)NCc2cccc(F)c2)cc1F. The highest BCUT2D eigenvalue weighted by Crippen LogP contribution is 2.17. The number of carbonyl (C=O) groups excluding carboxylic acids is 1. The van der Waals surface area contributed by atoms with Crippen LogP contribution in [-0.4, -0.2) is 13.0 Å². The molecule has 2 rings (SSSR count). The largest absolute Gasteiger partial charge is 0.494 e. The van der Waals surface area contributed by atoms with Crippen LogP contribution >= 0.6 is 0 Å². The summed E-state index contributed by atoms with van der Waals surface area (Å²) >= 11 is 0. The molecule has 0 aromatic heterocycles. The summed E-state index contributed by atoms with van der Waals surface area (Å²) in [5, 5.41) is 2.59. The molecular weight excluding hydrogens is 264 g/mol. The van der Waals surface area contributed by atoms with E-state index in [1.165, 1.54) is 31.4 Å². The van der Waals surface area contributed by atoms with Gasteiger partial charge in [-0.25, -0.2) is 8.78 Å². The molecule has 0 saturated carbocycles. The van der Waals surface area contributed by atoms with Crippen LogP contribution in [0.2, 0.25) is 0 Å². The van der Waals surface area contributed by atoms with Crippen LogP contribution < -0.4 is 10.1 Å². The number of hydrogen-bond acceptors (Lipinski definition) is 2. The fraction of sp³-hybridized carbons (Fsp3) is 0.133. The first-order chi connectivity index (χ1) is 9.60. The average molecular weight is 277 g/mol. The number of halogens is 2. The van der Waals surface area contributed by atoms with Crippen molar-refractivity contribution < 1.29 is 18.3 Å². The van der Waals surface area contributed by atoms with Crippen LogP contribution in [0, 0.1) is 11.6 Å². The molecule has 5 heteroatoms. The van der Waals surface area contributed by atoms with E-state index in [0.717, 1.165) is 6.07 Å². The number of benzene rings is 2. The highest BCUT2D eigenvalue weighted by atomic mass is 19.1. The summed E-state index contributed by atoms with van der Waals surface area (Å²) in [7, 11) is 1.35. The average Bonchev–Trinajstić information content (AvgIpc) is 2.44. The van der Waals surface area contributed by atoms with Crippen molar-refractivity contribution in [3.63, 3.8) is 0 Å². The second kappa shape index (κ2) is 6.14. The third-order valence-electron chi connectivity index (χ3n) is 2.76. The zero-order valence-corrected chi connectivity index (χ0v) is 10.8. The van der Waals surface area contributed by atoms with Crippen molar-refractivity contribution in [3.05, 3.63) is 65.2 Å². The van der Waals surface area contributed by atoms with Gasteiger partial charge in [0.1, 0.15) is 5.82 Å². The van der Waals surface area contributed by atoms with Gasteiger partial charge in [0.25, 0.3) is 5.91 Å². The van der Waals surface area contributed by atoms with Crippen LogP contribution in [0.3, 0.4) is 0 Å². The Labute approximate surface area is 115 Å². The minimum absolute atomic E-state index is 0.0756. The van der Waals surface area contributed by atoms with Crippen LogP contribution in [0.1, 0.15) is 15.9 Å². The maximum Gasteiger partial charge on any atom is 0.251 e. The molecule has 0 spiro atoms. The van der Waals surface area contributed by atoms with Crippen LogP contribution in [-0.2, 0) is 6.54 Å². The number of hydrogen-bond donors (Lipinski definition) is 1. The second-order valence-electron chi connectivity index (χ2n) is 4.16. The molecule has 2 aromatic rings. The highest BCUT2D eigenvalue weighted by Gasteiger charge is 2.09. The quantitative estimate of drug-likeness (QED) is 0.933. The van der Waals surface area contributed by atoms with Crippen molar-refractivity contribution in [1.29, 1.82) is 0 Å². The Morgan fingerprint density at radius 3 is 2.65 bits per heavy atom. The maximum atomic E-state index is 13.5. The van der Waals surface area contributed by atoms with E-state index in [0.29, 0.717) is 5.56 Å². The molecule has 0 aliphatic carbocycles. The molecule has 0 bridgehead atoms. The molecule has 0 heterocycles. The summed E-state index contributed by atoms with van der Waals surface area (Å²) in [6.07, 6.45) is 0. The van der Waals surface area contributed by atoms with E-state index in [2.05, 4.69) is 5.32 Å². The molecule has 0 radical (unpaired) electrons. The smallest absolute Gasteiger partial charge is 0.251 e. The lowest BCUT2D eigenvalue weighted by Gasteiger charge is -2.07. The first-order valence-corrected chi connectivity index (χ1v) is 5.96. The third kappa shape index (κ3) is 3.32. The van der Waals surface area contributed by atoms with Gasteiger partial charge in [0.05, 0.1) is 7.11 Å². The minimum atomic E-state index is -0.606. The van der Waals surface area contributed by atoms with E-state index in [1.54, 1.807) is 12.1 Å². The lowest BCUT2D eigenvalue weighted by Crippen LogP contribution is -2.22. The topological polar surface area (TPSA) is 38.3 Å². The van der Waals surface area contributed by atoms with Crippen LogP contribution in [0.4, 0.5) is 8.78 Å². The number of nitrogens with one attached hydrogen (secondary N) is 1. The molecule has 104 valence electrons. The zero-order valence-electron chi connectivity index (χ0n) is 10.8. The summed E-state index contributed by atoms with van der Waals surface area (Å²) in [5.74, 6) is -1.33. The molecule has 0 atom stereocenters. The summed E-state index contributed by atoms with van der Waals surface area (Å²) in [6, 6.07) is 9.84. The van der Waals surface area contributed by atoms with Crippen LogP contribution in [0.15, 0.2) is 42.5 Å². The van der Waals surface area contributed by atoms with Gasteiger partial charge in [-0.15, -0.1) is 0 Å². The van der Waals surface area contributed by atoms with Gasteiger partial charge in [0.15, 0.2) is 11.6 Å². The van der Waals surface area contributed by atoms with Crippen molar-refractivity contribution in [3.8, 4) is 5.75 Å². The molecule has 0 aliphatic rings. The summed E-state index contributed by atoms with van der Waals surface area (Å²) in [6.45, 7) is 0.171. The van der Waals surface area contributed by atoms with Crippen LogP contribution in [0.25, 0.3) is 0 Å². The van der Waals surface area contributed by atoms with Crippen molar-refractivity contribution in [2.45, 2.75) is 6.54 Å². The molecule has 1 N–H and O–H groups in total. The Morgan fingerprint density at radius 1 is 1.20 bits per heavy atom. The molecular formula is C15H13F2NO2. The lowest BCUT2D eigenvalue weighted by atomic mass is 10.1. The number of methoxy groups -OCH3 is 1.